The highest BCUT2D eigenvalue weighted by molar-refractivity contribution is 7.80. The topological polar surface area (TPSA) is 64.7 Å². The Morgan fingerprint density at radius 3 is 2.14 bits per heavy atom. The number of nitrogens with one attached hydrogen (secondary N) is 2. The Kier molecular flexibility index (Phi) is 8.69. The minimum atomic E-state index is -0.287. The van der Waals surface area contributed by atoms with E-state index < -0.39 is 0 Å². The largest absolute Gasteiger partial charge is 0.368 e. The van der Waals surface area contributed by atoms with E-state index in [1.807, 2.05) is 71.6 Å². The molecule has 0 unspecified atom stereocenters. The van der Waals surface area contributed by atoms with Crippen molar-refractivity contribution in [3.63, 3.8) is 0 Å². The molecule has 3 aromatic rings. The number of carbonyl (C=O) groups excluding carboxylic acids is 2. The standard InChI is InChI=1S/C30H32N4O2S/c1-22(2)24-11-8-23(9-12-24)10-17-28(35)32-30(37)31-26-13-15-27(16-14-26)33-18-20-34(21-19-33)29(36)25-6-4-3-5-7-25/h3-17,22H,18-21H2,1-2H3,(H2,31,32,35,37)/b17-10+. The summed E-state index contributed by atoms with van der Waals surface area (Å²) < 4.78 is 0. The molecule has 1 aliphatic rings. The highest BCUT2D eigenvalue weighted by Gasteiger charge is 2.22. The SMILES string of the molecule is CC(C)c1ccc(/C=C/C(=O)NC(=S)Nc2ccc(N3CCN(C(=O)c4ccccc4)CC3)cc2)cc1. The van der Waals surface area contributed by atoms with Crippen LogP contribution in [0.15, 0.2) is 84.9 Å². The van der Waals surface area contributed by atoms with Crippen molar-refractivity contribution in [3.8, 4) is 0 Å². The maximum absolute atomic E-state index is 12.7. The van der Waals surface area contributed by atoms with Gasteiger partial charge in [0.2, 0.25) is 5.91 Å². The van der Waals surface area contributed by atoms with Crippen molar-refractivity contribution < 1.29 is 9.59 Å². The van der Waals surface area contributed by atoms with E-state index in [9.17, 15) is 9.59 Å². The average molecular weight is 513 g/mol. The molecule has 0 aromatic heterocycles. The van der Waals surface area contributed by atoms with Gasteiger partial charge in [0.25, 0.3) is 5.91 Å². The van der Waals surface area contributed by atoms with E-state index in [1.165, 1.54) is 11.6 Å². The van der Waals surface area contributed by atoms with Crippen LogP contribution in [-0.4, -0.2) is 48.0 Å². The van der Waals surface area contributed by atoms with E-state index in [4.69, 9.17) is 12.2 Å². The number of rotatable bonds is 6. The fourth-order valence-electron chi connectivity index (χ4n) is 4.17. The van der Waals surface area contributed by atoms with Gasteiger partial charge in [0.05, 0.1) is 0 Å². The summed E-state index contributed by atoms with van der Waals surface area (Å²) in [5.41, 5.74) is 4.82. The molecule has 1 fully saturated rings. The number of carbonyl (C=O) groups is 2. The molecule has 0 spiro atoms. The monoisotopic (exact) mass is 512 g/mol. The third-order valence-electron chi connectivity index (χ3n) is 6.34. The predicted octanol–water partition coefficient (Wildman–Crippen LogP) is 5.30. The number of nitrogens with zero attached hydrogens (tertiary/aromatic N) is 2. The average Bonchev–Trinajstić information content (AvgIpc) is 2.92. The Bertz CT molecular complexity index is 1250. The van der Waals surface area contributed by atoms with Crippen LogP contribution in [-0.2, 0) is 4.79 Å². The highest BCUT2D eigenvalue weighted by atomic mass is 32.1. The first-order valence-electron chi connectivity index (χ1n) is 12.5. The minimum Gasteiger partial charge on any atom is -0.368 e. The van der Waals surface area contributed by atoms with Gasteiger partial charge >= 0.3 is 0 Å². The molecule has 0 saturated carbocycles. The van der Waals surface area contributed by atoms with Crippen LogP contribution in [0.4, 0.5) is 11.4 Å². The van der Waals surface area contributed by atoms with Crippen molar-refractivity contribution in [2.45, 2.75) is 19.8 Å². The van der Waals surface area contributed by atoms with E-state index in [-0.39, 0.29) is 16.9 Å². The van der Waals surface area contributed by atoms with Crippen molar-refractivity contribution in [2.75, 3.05) is 36.4 Å². The Morgan fingerprint density at radius 2 is 1.51 bits per heavy atom. The van der Waals surface area contributed by atoms with Gasteiger partial charge in [-0.2, -0.15) is 0 Å². The van der Waals surface area contributed by atoms with E-state index in [0.717, 1.165) is 35.6 Å². The lowest BCUT2D eigenvalue weighted by molar-refractivity contribution is -0.115. The number of benzene rings is 3. The maximum atomic E-state index is 12.7. The zero-order chi connectivity index (χ0) is 26.2. The summed E-state index contributed by atoms with van der Waals surface area (Å²) in [5, 5.41) is 5.98. The lowest BCUT2D eigenvalue weighted by Crippen LogP contribution is -2.48. The second-order valence-corrected chi connectivity index (χ2v) is 9.70. The molecule has 1 saturated heterocycles. The van der Waals surface area contributed by atoms with E-state index in [1.54, 1.807) is 6.08 Å². The summed E-state index contributed by atoms with van der Waals surface area (Å²) in [6.45, 7) is 7.20. The van der Waals surface area contributed by atoms with Crippen molar-refractivity contribution in [1.82, 2.24) is 10.2 Å². The Hall–Kier alpha value is -3.97. The minimum absolute atomic E-state index is 0.0780. The van der Waals surface area contributed by atoms with Crippen LogP contribution in [0.5, 0.6) is 0 Å². The lowest BCUT2D eigenvalue weighted by atomic mass is 10.0. The molecular weight excluding hydrogens is 480 g/mol. The Morgan fingerprint density at radius 1 is 0.865 bits per heavy atom. The molecule has 7 heteroatoms. The van der Waals surface area contributed by atoms with Gasteiger partial charge < -0.3 is 15.1 Å². The summed E-state index contributed by atoms with van der Waals surface area (Å²) in [6.07, 6.45) is 3.24. The molecule has 1 aliphatic heterocycles. The molecule has 37 heavy (non-hydrogen) atoms. The van der Waals surface area contributed by atoms with Crippen LogP contribution in [0, 0.1) is 0 Å². The highest BCUT2D eigenvalue weighted by Crippen LogP contribution is 2.20. The Labute approximate surface area is 224 Å². The van der Waals surface area contributed by atoms with Gasteiger partial charge in [-0.3, -0.25) is 14.9 Å². The van der Waals surface area contributed by atoms with Gasteiger partial charge in [0.1, 0.15) is 0 Å². The first-order valence-corrected chi connectivity index (χ1v) is 12.9. The second kappa shape index (κ2) is 12.3. The zero-order valence-electron chi connectivity index (χ0n) is 21.2. The fraction of sp³-hybridized carbons (Fsp3) is 0.233. The molecule has 0 atom stereocenters. The maximum Gasteiger partial charge on any atom is 0.253 e. The summed E-state index contributed by atoms with van der Waals surface area (Å²) in [4.78, 5) is 29.1. The van der Waals surface area contributed by atoms with Gasteiger partial charge in [-0.25, -0.2) is 0 Å². The quantitative estimate of drug-likeness (QED) is 0.347. The van der Waals surface area contributed by atoms with Gasteiger partial charge in [-0.15, -0.1) is 0 Å². The van der Waals surface area contributed by atoms with Crippen LogP contribution in [0.3, 0.4) is 0 Å². The molecule has 4 rings (SSSR count). The van der Waals surface area contributed by atoms with Gasteiger partial charge in [-0.05, 0) is 71.7 Å². The fourth-order valence-corrected chi connectivity index (χ4v) is 4.38. The molecule has 6 nitrogen and oxygen atoms in total. The van der Waals surface area contributed by atoms with Crippen LogP contribution in [0.25, 0.3) is 6.08 Å². The van der Waals surface area contributed by atoms with E-state index in [0.29, 0.717) is 19.0 Å². The molecule has 0 bridgehead atoms. The van der Waals surface area contributed by atoms with Crippen LogP contribution >= 0.6 is 12.2 Å². The number of anilines is 2. The molecule has 2 amide bonds. The molecule has 3 aromatic carbocycles. The summed E-state index contributed by atoms with van der Waals surface area (Å²) in [7, 11) is 0. The van der Waals surface area contributed by atoms with Crippen LogP contribution in [0.2, 0.25) is 0 Å². The van der Waals surface area contributed by atoms with Crippen molar-refractivity contribution in [1.29, 1.82) is 0 Å². The Balaban J connectivity index is 1.23. The number of hydrogen-bond acceptors (Lipinski definition) is 4. The number of hydrogen-bond donors (Lipinski definition) is 2. The predicted molar refractivity (Wildman–Crippen MR) is 155 cm³/mol. The van der Waals surface area contributed by atoms with Gasteiger partial charge in [-0.1, -0.05) is 56.3 Å². The number of piperazine rings is 1. The van der Waals surface area contributed by atoms with Crippen molar-refractivity contribution in [2.24, 2.45) is 0 Å². The third kappa shape index (κ3) is 7.27. The summed E-state index contributed by atoms with van der Waals surface area (Å²) in [6, 6.07) is 25.4. The van der Waals surface area contributed by atoms with Gasteiger partial charge in [0.15, 0.2) is 5.11 Å². The summed E-state index contributed by atoms with van der Waals surface area (Å²) in [5.74, 6) is 0.263. The molecular formula is C30H32N4O2S. The molecule has 1 heterocycles. The normalized spacial score (nSPS) is 13.6. The van der Waals surface area contributed by atoms with Gasteiger partial charge in [0, 0.05) is 49.2 Å². The van der Waals surface area contributed by atoms with E-state index in [2.05, 4.69) is 41.5 Å². The van der Waals surface area contributed by atoms with Crippen molar-refractivity contribution in [3.05, 3.63) is 102 Å². The van der Waals surface area contributed by atoms with Crippen LogP contribution < -0.4 is 15.5 Å². The molecule has 0 radical (unpaired) electrons. The van der Waals surface area contributed by atoms with Crippen LogP contribution in [0.1, 0.15) is 41.3 Å². The summed E-state index contributed by atoms with van der Waals surface area (Å²) >= 11 is 5.30. The number of thiocarbonyl (C=S) groups is 1. The molecule has 2 N–H and O–H groups in total. The first kappa shape index (κ1) is 26.1. The smallest absolute Gasteiger partial charge is 0.253 e. The lowest BCUT2D eigenvalue weighted by Gasteiger charge is -2.36. The molecule has 0 aliphatic carbocycles. The van der Waals surface area contributed by atoms with E-state index >= 15 is 0 Å². The molecule has 190 valence electrons. The zero-order valence-corrected chi connectivity index (χ0v) is 22.0. The third-order valence-corrected chi connectivity index (χ3v) is 6.55. The second-order valence-electron chi connectivity index (χ2n) is 9.29. The first-order chi connectivity index (χ1) is 17.9. The van der Waals surface area contributed by atoms with Crippen molar-refractivity contribution >= 4 is 46.6 Å². The number of amides is 2.